The number of rotatable bonds is 3. The first-order valence-corrected chi connectivity index (χ1v) is 8.59. The summed E-state index contributed by atoms with van der Waals surface area (Å²) < 4.78 is 1.05. The molecule has 1 N–H and O–H groups in total. The normalized spacial score (nSPS) is 17.9. The van der Waals surface area contributed by atoms with Crippen molar-refractivity contribution in [3.05, 3.63) is 57.7 Å². The number of nitrogens with one attached hydrogen (secondary N) is 1. The van der Waals surface area contributed by atoms with Crippen molar-refractivity contribution in [3.8, 4) is 0 Å². The number of amides is 4. The van der Waals surface area contributed by atoms with Gasteiger partial charge in [-0.25, -0.2) is 9.69 Å². The quantitative estimate of drug-likeness (QED) is 0.446. The highest BCUT2D eigenvalue weighted by atomic mass is 127. The van der Waals surface area contributed by atoms with Gasteiger partial charge in [0.2, 0.25) is 5.91 Å². The molecule has 2 aromatic carbocycles. The molecular formula is C18H14IN3O3. The summed E-state index contributed by atoms with van der Waals surface area (Å²) in [7, 11) is 0. The predicted octanol–water partition coefficient (Wildman–Crippen LogP) is 3.20. The molecule has 0 aliphatic carbocycles. The smallest absolute Gasteiger partial charge is 0.276 e. The van der Waals surface area contributed by atoms with Gasteiger partial charge in [0.1, 0.15) is 0 Å². The van der Waals surface area contributed by atoms with E-state index in [1.807, 2.05) is 19.1 Å². The topological polar surface area (TPSA) is 78.8 Å². The maximum Gasteiger partial charge on any atom is 0.335 e. The second-order valence-corrected chi connectivity index (χ2v) is 6.78. The zero-order chi connectivity index (χ0) is 18.0. The molecule has 0 radical (unpaired) electrons. The van der Waals surface area contributed by atoms with Gasteiger partial charge in [-0.05, 0) is 65.9 Å². The van der Waals surface area contributed by atoms with Crippen LogP contribution in [0.4, 0.5) is 16.2 Å². The summed E-state index contributed by atoms with van der Waals surface area (Å²) in [4.78, 5) is 41.9. The average molecular weight is 447 g/mol. The largest absolute Gasteiger partial charge is 0.335 e. The summed E-state index contributed by atoms with van der Waals surface area (Å²) in [6.07, 6.45) is 1.27. The summed E-state index contributed by atoms with van der Waals surface area (Å²) in [6, 6.07) is 13.5. The van der Waals surface area contributed by atoms with Gasteiger partial charge in [-0.15, -0.1) is 0 Å². The number of barbiturate groups is 1. The standard InChI is InChI=1S/C18H14IN3O3/c1-11-2-8-14(9-3-11)22-17(24)15(16(23)21-18(22)25)10-20-13-6-4-12(19)5-7-13/h2-10,15H,1H3,(H,21,23,25)/t15-/m1/s1. The number of imide groups is 2. The summed E-state index contributed by atoms with van der Waals surface area (Å²) in [5, 5.41) is 2.20. The van der Waals surface area contributed by atoms with Crippen LogP contribution < -0.4 is 10.2 Å². The van der Waals surface area contributed by atoms with E-state index in [-0.39, 0.29) is 0 Å². The third-order valence-electron chi connectivity index (χ3n) is 3.69. The Morgan fingerprint density at radius 3 is 2.32 bits per heavy atom. The fourth-order valence-electron chi connectivity index (χ4n) is 2.35. The molecular weight excluding hydrogens is 433 g/mol. The van der Waals surface area contributed by atoms with E-state index in [4.69, 9.17) is 0 Å². The van der Waals surface area contributed by atoms with E-state index in [2.05, 4.69) is 32.9 Å². The number of carbonyl (C=O) groups excluding carboxylic acids is 3. The average Bonchev–Trinajstić information content (AvgIpc) is 2.57. The van der Waals surface area contributed by atoms with Crippen LogP contribution in [0.5, 0.6) is 0 Å². The maximum atomic E-state index is 12.7. The molecule has 7 heteroatoms. The van der Waals surface area contributed by atoms with E-state index in [1.54, 1.807) is 36.4 Å². The molecule has 0 bridgehead atoms. The molecule has 1 fully saturated rings. The van der Waals surface area contributed by atoms with E-state index in [0.717, 1.165) is 14.0 Å². The van der Waals surface area contributed by atoms with E-state index in [9.17, 15) is 14.4 Å². The number of halogens is 1. The lowest BCUT2D eigenvalue weighted by atomic mass is 10.1. The molecule has 0 spiro atoms. The molecule has 0 unspecified atom stereocenters. The highest BCUT2D eigenvalue weighted by Gasteiger charge is 2.40. The Balaban J connectivity index is 1.87. The number of benzene rings is 2. The summed E-state index contributed by atoms with van der Waals surface area (Å²) in [6.45, 7) is 1.90. The lowest BCUT2D eigenvalue weighted by Gasteiger charge is -2.28. The van der Waals surface area contributed by atoms with Crippen LogP contribution in [0.1, 0.15) is 5.56 Å². The second kappa shape index (κ2) is 7.14. The molecule has 1 aliphatic rings. The van der Waals surface area contributed by atoms with Crippen LogP contribution in [0.15, 0.2) is 53.5 Å². The minimum absolute atomic E-state index is 0.410. The molecule has 4 amide bonds. The number of carbonyl (C=O) groups is 3. The first-order chi connectivity index (χ1) is 12.0. The molecule has 1 atom stereocenters. The van der Waals surface area contributed by atoms with Crippen LogP contribution in [-0.4, -0.2) is 24.1 Å². The predicted molar refractivity (Wildman–Crippen MR) is 103 cm³/mol. The van der Waals surface area contributed by atoms with Crippen molar-refractivity contribution >= 4 is 58.0 Å². The van der Waals surface area contributed by atoms with Gasteiger partial charge in [-0.2, -0.15) is 0 Å². The molecule has 1 heterocycles. The number of hydrogen-bond acceptors (Lipinski definition) is 4. The summed E-state index contributed by atoms with van der Waals surface area (Å²) in [5.74, 6) is -2.45. The third kappa shape index (κ3) is 3.76. The van der Waals surface area contributed by atoms with Crippen LogP contribution >= 0.6 is 22.6 Å². The van der Waals surface area contributed by atoms with Gasteiger partial charge in [0.15, 0.2) is 5.92 Å². The van der Waals surface area contributed by atoms with E-state index in [1.165, 1.54) is 6.21 Å². The zero-order valence-electron chi connectivity index (χ0n) is 13.3. The van der Waals surface area contributed by atoms with Gasteiger partial charge in [0.25, 0.3) is 5.91 Å². The molecule has 1 aliphatic heterocycles. The van der Waals surface area contributed by atoms with Crippen molar-refractivity contribution < 1.29 is 14.4 Å². The lowest BCUT2D eigenvalue weighted by molar-refractivity contribution is -0.131. The van der Waals surface area contributed by atoms with Crippen LogP contribution in [0.2, 0.25) is 0 Å². The first-order valence-electron chi connectivity index (χ1n) is 7.51. The van der Waals surface area contributed by atoms with Crippen LogP contribution in [-0.2, 0) is 9.59 Å². The Bertz CT molecular complexity index is 860. The van der Waals surface area contributed by atoms with Crippen molar-refractivity contribution in [3.63, 3.8) is 0 Å². The minimum atomic E-state index is -1.15. The number of aryl methyl sites for hydroxylation is 1. The summed E-state index contributed by atoms with van der Waals surface area (Å²) in [5.41, 5.74) is 2.04. The van der Waals surface area contributed by atoms with Crippen molar-refractivity contribution in [1.29, 1.82) is 0 Å². The minimum Gasteiger partial charge on any atom is -0.276 e. The van der Waals surface area contributed by atoms with Crippen LogP contribution in [0.25, 0.3) is 0 Å². The Kier molecular flexibility index (Phi) is 4.93. The van der Waals surface area contributed by atoms with Crippen molar-refractivity contribution in [1.82, 2.24) is 5.32 Å². The van der Waals surface area contributed by atoms with Gasteiger partial charge in [0, 0.05) is 9.78 Å². The monoisotopic (exact) mass is 447 g/mol. The lowest BCUT2D eigenvalue weighted by Crippen LogP contribution is -2.58. The van der Waals surface area contributed by atoms with Crippen molar-refractivity contribution in [2.24, 2.45) is 10.9 Å². The third-order valence-corrected chi connectivity index (χ3v) is 4.41. The molecule has 1 saturated heterocycles. The highest BCUT2D eigenvalue weighted by molar-refractivity contribution is 14.1. The molecule has 25 heavy (non-hydrogen) atoms. The Hall–Kier alpha value is -2.55. The van der Waals surface area contributed by atoms with Gasteiger partial charge < -0.3 is 0 Å². The van der Waals surface area contributed by atoms with E-state index < -0.39 is 23.8 Å². The first kappa shape index (κ1) is 17.3. The van der Waals surface area contributed by atoms with Crippen molar-refractivity contribution in [2.45, 2.75) is 6.92 Å². The van der Waals surface area contributed by atoms with E-state index in [0.29, 0.717) is 11.4 Å². The maximum absolute atomic E-state index is 12.7. The zero-order valence-corrected chi connectivity index (χ0v) is 15.4. The van der Waals surface area contributed by atoms with Crippen molar-refractivity contribution in [2.75, 3.05) is 4.90 Å². The summed E-state index contributed by atoms with van der Waals surface area (Å²) >= 11 is 2.17. The number of aliphatic imine (C=N–C) groups is 1. The Morgan fingerprint density at radius 1 is 1.04 bits per heavy atom. The molecule has 0 saturated carbocycles. The van der Waals surface area contributed by atoms with Crippen LogP contribution in [0.3, 0.4) is 0 Å². The Morgan fingerprint density at radius 2 is 1.68 bits per heavy atom. The van der Waals surface area contributed by atoms with Gasteiger partial charge in [-0.1, -0.05) is 17.7 Å². The highest BCUT2D eigenvalue weighted by Crippen LogP contribution is 2.21. The molecule has 0 aromatic heterocycles. The molecule has 2 aromatic rings. The molecule has 6 nitrogen and oxygen atoms in total. The van der Waals surface area contributed by atoms with Crippen LogP contribution in [0, 0.1) is 16.4 Å². The number of anilines is 1. The number of urea groups is 1. The fourth-order valence-corrected chi connectivity index (χ4v) is 2.71. The number of nitrogens with zero attached hydrogens (tertiary/aromatic N) is 2. The van der Waals surface area contributed by atoms with Gasteiger partial charge in [0.05, 0.1) is 11.4 Å². The molecule has 3 rings (SSSR count). The SMILES string of the molecule is Cc1ccc(N2C(=O)NC(=O)[C@@H](C=Nc3ccc(I)cc3)C2=O)cc1. The fraction of sp³-hybridized carbons (Fsp3) is 0.111. The van der Waals surface area contributed by atoms with Gasteiger partial charge in [-0.3, -0.25) is 19.9 Å². The van der Waals surface area contributed by atoms with E-state index >= 15 is 0 Å². The molecule has 126 valence electrons. The van der Waals surface area contributed by atoms with Gasteiger partial charge >= 0.3 is 6.03 Å². The number of hydrogen-bond donors (Lipinski definition) is 1. The second-order valence-electron chi connectivity index (χ2n) is 5.54. The Labute approximate surface area is 158 Å².